The summed E-state index contributed by atoms with van der Waals surface area (Å²) in [5.74, 6) is 0.380. The van der Waals surface area contributed by atoms with Gasteiger partial charge in [-0.15, -0.1) is 6.58 Å². The molecule has 0 saturated carbocycles. The van der Waals surface area contributed by atoms with Crippen LogP contribution in [0.15, 0.2) is 24.3 Å². The highest BCUT2D eigenvalue weighted by Crippen LogP contribution is 2.39. The molecular formula is C21H37NO3. The number of nitrogens with zero attached hydrogens (tertiary/aromatic N) is 1. The fourth-order valence-corrected chi connectivity index (χ4v) is 3.70. The number of ether oxygens (including phenoxy) is 3. The first kappa shape index (κ1) is 20.6. The Hall–Kier alpha value is -0.680. The van der Waals surface area contributed by atoms with Gasteiger partial charge in [0.15, 0.2) is 5.79 Å². The smallest absolute Gasteiger partial charge is 0.172 e. The van der Waals surface area contributed by atoms with E-state index in [1.54, 1.807) is 5.57 Å². The Bertz CT molecular complexity index is 435. The van der Waals surface area contributed by atoms with Crippen molar-refractivity contribution in [2.75, 3.05) is 39.5 Å². The highest BCUT2D eigenvalue weighted by Gasteiger charge is 2.42. The van der Waals surface area contributed by atoms with Gasteiger partial charge < -0.3 is 14.2 Å². The average molecular weight is 352 g/mol. The molecule has 25 heavy (non-hydrogen) atoms. The van der Waals surface area contributed by atoms with Crippen molar-refractivity contribution in [1.82, 2.24) is 4.90 Å². The third-order valence-electron chi connectivity index (χ3n) is 5.02. The molecule has 2 unspecified atom stereocenters. The van der Waals surface area contributed by atoms with Gasteiger partial charge in [0.1, 0.15) is 0 Å². The van der Waals surface area contributed by atoms with Gasteiger partial charge in [0.25, 0.3) is 0 Å². The largest absolute Gasteiger partial charge is 0.380 e. The minimum atomic E-state index is -0.347. The normalized spacial score (nSPS) is 26.6. The molecule has 2 aliphatic rings. The highest BCUT2D eigenvalue weighted by molar-refractivity contribution is 5.10. The Kier molecular flexibility index (Phi) is 8.63. The minimum Gasteiger partial charge on any atom is -0.380 e. The third-order valence-corrected chi connectivity index (χ3v) is 5.02. The van der Waals surface area contributed by atoms with Crippen LogP contribution in [0.4, 0.5) is 0 Å². The van der Waals surface area contributed by atoms with E-state index in [-0.39, 0.29) is 11.9 Å². The number of rotatable bonds is 11. The summed E-state index contributed by atoms with van der Waals surface area (Å²) in [4.78, 5) is 2.37. The molecule has 0 radical (unpaired) electrons. The number of hydrogen-bond acceptors (Lipinski definition) is 4. The molecule has 1 saturated heterocycles. The van der Waals surface area contributed by atoms with Gasteiger partial charge in [0, 0.05) is 39.1 Å². The van der Waals surface area contributed by atoms with Gasteiger partial charge >= 0.3 is 0 Å². The second-order valence-electron chi connectivity index (χ2n) is 7.70. The predicted octanol–water partition coefficient (Wildman–Crippen LogP) is 4.17. The summed E-state index contributed by atoms with van der Waals surface area (Å²) in [6.07, 6.45) is 9.76. The molecule has 1 aliphatic heterocycles. The van der Waals surface area contributed by atoms with Crippen molar-refractivity contribution in [1.29, 1.82) is 0 Å². The molecule has 1 aliphatic carbocycles. The van der Waals surface area contributed by atoms with Crippen LogP contribution in [0.1, 0.15) is 52.9 Å². The lowest BCUT2D eigenvalue weighted by molar-refractivity contribution is -0.173. The summed E-state index contributed by atoms with van der Waals surface area (Å²) < 4.78 is 17.9. The topological polar surface area (TPSA) is 30.9 Å². The molecule has 4 heteroatoms. The first-order valence-corrected chi connectivity index (χ1v) is 9.97. The van der Waals surface area contributed by atoms with Gasteiger partial charge in [0.2, 0.25) is 0 Å². The van der Waals surface area contributed by atoms with Crippen molar-refractivity contribution in [3.63, 3.8) is 0 Å². The van der Waals surface area contributed by atoms with Crippen molar-refractivity contribution >= 4 is 0 Å². The van der Waals surface area contributed by atoms with Crippen molar-refractivity contribution in [2.24, 2.45) is 5.92 Å². The molecule has 0 amide bonds. The molecule has 1 spiro atoms. The first-order chi connectivity index (χ1) is 12.1. The van der Waals surface area contributed by atoms with Crippen molar-refractivity contribution in [3.8, 4) is 0 Å². The van der Waals surface area contributed by atoms with E-state index in [1.807, 2.05) is 13.0 Å². The van der Waals surface area contributed by atoms with Crippen LogP contribution >= 0.6 is 0 Å². The Morgan fingerprint density at radius 2 is 2.28 bits per heavy atom. The maximum absolute atomic E-state index is 6.35. The van der Waals surface area contributed by atoms with Crippen molar-refractivity contribution < 1.29 is 14.2 Å². The summed E-state index contributed by atoms with van der Waals surface area (Å²) >= 11 is 0. The third kappa shape index (κ3) is 6.86. The van der Waals surface area contributed by atoms with E-state index < -0.39 is 0 Å². The number of allylic oxidation sites excluding steroid dienone is 1. The molecule has 0 N–H and O–H groups in total. The molecule has 2 rings (SSSR count). The minimum absolute atomic E-state index is 0.208. The van der Waals surface area contributed by atoms with E-state index in [1.165, 1.54) is 6.42 Å². The van der Waals surface area contributed by atoms with E-state index in [9.17, 15) is 0 Å². The predicted molar refractivity (Wildman–Crippen MR) is 103 cm³/mol. The second kappa shape index (κ2) is 10.5. The Balaban J connectivity index is 1.74. The van der Waals surface area contributed by atoms with Gasteiger partial charge in [-0.05, 0) is 32.1 Å². The summed E-state index contributed by atoms with van der Waals surface area (Å²) in [6.45, 7) is 15.6. The van der Waals surface area contributed by atoms with Gasteiger partial charge in [-0.25, -0.2) is 0 Å². The monoisotopic (exact) mass is 351 g/mol. The van der Waals surface area contributed by atoms with E-state index in [2.05, 4.69) is 31.4 Å². The molecule has 2 atom stereocenters. The molecule has 4 nitrogen and oxygen atoms in total. The quantitative estimate of drug-likeness (QED) is 0.413. The van der Waals surface area contributed by atoms with Crippen molar-refractivity contribution in [3.05, 3.63) is 24.3 Å². The first-order valence-electron chi connectivity index (χ1n) is 9.97. The lowest BCUT2D eigenvalue weighted by atomic mass is 9.89. The summed E-state index contributed by atoms with van der Waals surface area (Å²) in [7, 11) is 0. The van der Waals surface area contributed by atoms with Crippen LogP contribution in [-0.4, -0.2) is 56.2 Å². The van der Waals surface area contributed by atoms with Gasteiger partial charge in [-0.3, -0.25) is 4.90 Å². The van der Waals surface area contributed by atoms with Crippen LogP contribution in [0.5, 0.6) is 0 Å². The zero-order valence-electron chi connectivity index (χ0n) is 16.5. The SMILES string of the molecule is C=CCN(CCOCC)CCC1COC2(CC=C(CC(C)C)CC2)O1. The van der Waals surface area contributed by atoms with Crippen LogP contribution in [-0.2, 0) is 14.2 Å². The van der Waals surface area contributed by atoms with Gasteiger partial charge in [-0.1, -0.05) is 31.6 Å². The molecule has 0 aromatic rings. The molecular weight excluding hydrogens is 314 g/mol. The number of hydrogen-bond donors (Lipinski definition) is 0. The van der Waals surface area contributed by atoms with E-state index in [4.69, 9.17) is 14.2 Å². The summed E-state index contributed by atoms with van der Waals surface area (Å²) in [5.41, 5.74) is 1.57. The van der Waals surface area contributed by atoms with Crippen LogP contribution in [0, 0.1) is 5.92 Å². The summed E-state index contributed by atoms with van der Waals surface area (Å²) in [6, 6.07) is 0. The Labute approximate surface area is 154 Å². The van der Waals surface area contributed by atoms with Crippen LogP contribution in [0.3, 0.4) is 0 Å². The van der Waals surface area contributed by atoms with Gasteiger partial charge in [-0.2, -0.15) is 0 Å². The van der Waals surface area contributed by atoms with Crippen LogP contribution in [0.25, 0.3) is 0 Å². The van der Waals surface area contributed by atoms with Gasteiger partial charge in [0.05, 0.1) is 19.3 Å². The Morgan fingerprint density at radius 1 is 1.44 bits per heavy atom. The maximum Gasteiger partial charge on any atom is 0.172 e. The maximum atomic E-state index is 6.35. The lowest BCUT2D eigenvalue weighted by Crippen LogP contribution is -2.34. The second-order valence-corrected chi connectivity index (χ2v) is 7.70. The fraction of sp³-hybridized carbons (Fsp3) is 0.810. The van der Waals surface area contributed by atoms with E-state index in [0.29, 0.717) is 0 Å². The zero-order valence-corrected chi connectivity index (χ0v) is 16.5. The van der Waals surface area contributed by atoms with E-state index >= 15 is 0 Å². The van der Waals surface area contributed by atoms with Crippen LogP contribution in [0.2, 0.25) is 0 Å². The summed E-state index contributed by atoms with van der Waals surface area (Å²) in [5, 5.41) is 0. The van der Waals surface area contributed by atoms with Crippen LogP contribution < -0.4 is 0 Å². The molecule has 0 aromatic heterocycles. The average Bonchev–Trinajstić information content (AvgIpc) is 2.98. The molecule has 1 fully saturated rings. The standard InChI is InChI=1S/C21H37NO3/c1-5-12-22(14-15-23-6-2)13-9-20-17-24-21(25-20)10-7-19(8-11-21)16-18(3)4/h5,7,18,20H,1,6,8-17H2,2-4H3. The Morgan fingerprint density at radius 3 is 2.92 bits per heavy atom. The van der Waals surface area contributed by atoms with E-state index in [0.717, 1.165) is 71.1 Å². The molecule has 144 valence electrons. The zero-order chi connectivity index (χ0) is 18.1. The highest BCUT2D eigenvalue weighted by atomic mass is 16.7. The lowest BCUT2D eigenvalue weighted by Gasteiger charge is -2.32. The van der Waals surface area contributed by atoms with Crippen molar-refractivity contribution in [2.45, 2.75) is 64.8 Å². The molecule has 0 aromatic carbocycles. The molecule has 1 heterocycles. The fourth-order valence-electron chi connectivity index (χ4n) is 3.70. The molecule has 0 bridgehead atoms.